The van der Waals surface area contributed by atoms with Gasteiger partial charge >= 0.3 is 0 Å². The average Bonchev–Trinajstić information content (AvgIpc) is 2.81. The van der Waals surface area contributed by atoms with E-state index < -0.39 is 5.92 Å². The second kappa shape index (κ2) is 6.14. The first-order valence-electron chi connectivity index (χ1n) is 6.92. The summed E-state index contributed by atoms with van der Waals surface area (Å²) in [7, 11) is 0. The Morgan fingerprint density at radius 3 is 2.30 bits per heavy atom. The van der Waals surface area contributed by atoms with Crippen LogP contribution in [0, 0.1) is 5.92 Å². The molecule has 0 fully saturated rings. The van der Waals surface area contributed by atoms with Crippen molar-refractivity contribution in [3.05, 3.63) is 64.1 Å². The number of hydrogen-bond acceptors (Lipinski definition) is 3. The zero-order chi connectivity index (χ0) is 16.6. The molecule has 6 heteroatoms. The third-order valence-electron chi connectivity index (χ3n) is 3.54. The summed E-state index contributed by atoms with van der Waals surface area (Å²) in [6.45, 7) is 1.66. The predicted octanol–water partition coefficient (Wildman–Crippen LogP) is 4.22. The van der Waals surface area contributed by atoms with Crippen molar-refractivity contribution in [1.29, 1.82) is 0 Å². The zero-order valence-corrected chi connectivity index (χ0v) is 13.7. The number of para-hydroxylation sites is 1. The monoisotopic (exact) mass is 346 g/mol. The number of benzene rings is 2. The maximum Gasteiger partial charge on any atom is 0.264 e. The second-order valence-electron chi connectivity index (χ2n) is 5.18. The van der Waals surface area contributed by atoms with Crippen molar-refractivity contribution in [2.45, 2.75) is 6.92 Å². The van der Waals surface area contributed by atoms with Crippen molar-refractivity contribution >= 4 is 46.3 Å². The molecule has 0 N–H and O–H groups in total. The van der Waals surface area contributed by atoms with E-state index in [9.17, 15) is 9.59 Å². The first kappa shape index (κ1) is 15.7. The predicted molar refractivity (Wildman–Crippen MR) is 91.3 cm³/mol. The summed E-state index contributed by atoms with van der Waals surface area (Å²) < 4.78 is 0. The molecule has 3 rings (SSSR count). The largest absolute Gasteiger partial charge is 0.293 e. The van der Waals surface area contributed by atoms with Crippen LogP contribution >= 0.6 is 23.2 Å². The fraction of sp³-hybridized carbons (Fsp3) is 0.118. The summed E-state index contributed by atoms with van der Waals surface area (Å²) in [5.74, 6) is -1.70. The van der Waals surface area contributed by atoms with Crippen LogP contribution in [0.25, 0.3) is 0 Å². The van der Waals surface area contributed by atoms with Gasteiger partial charge in [0.15, 0.2) is 5.78 Å². The number of carbonyl (C=O) groups excluding carboxylic acids is 2. The van der Waals surface area contributed by atoms with Gasteiger partial charge in [0.1, 0.15) is 5.92 Å². The van der Waals surface area contributed by atoms with Gasteiger partial charge < -0.3 is 0 Å². The standard InChI is InChI=1S/C17H12Cl2N2O2/c1-10-15(16(22)11-7-12(18)9-13(19)8-11)17(23)21(20-10)14-5-3-2-4-6-14/h2-9,15H,1H3. The van der Waals surface area contributed by atoms with E-state index in [1.807, 2.05) is 6.07 Å². The van der Waals surface area contributed by atoms with Gasteiger partial charge in [-0.1, -0.05) is 41.4 Å². The summed E-state index contributed by atoms with van der Waals surface area (Å²) in [4.78, 5) is 25.3. The molecule has 0 saturated carbocycles. The summed E-state index contributed by atoms with van der Waals surface area (Å²) in [5, 5.41) is 6.18. The molecule has 0 spiro atoms. The molecule has 23 heavy (non-hydrogen) atoms. The quantitative estimate of drug-likeness (QED) is 0.617. The maximum atomic E-state index is 12.7. The lowest BCUT2D eigenvalue weighted by molar-refractivity contribution is -0.118. The Morgan fingerprint density at radius 1 is 1.09 bits per heavy atom. The van der Waals surface area contributed by atoms with E-state index in [2.05, 4.69) is 5.10 Å². The molecule has 1 aliphatic rings. The minimum atomic E-state index is -0.954. The molecule has 1 atom stereocenters. The number of halogens is 2. The number of amides is 1. The Morgan fingerprint density at radius 2 is 1.70 bits per heavy atom. The van der Waals surface area contributed by atoms with Crippen LogP contribution in [-0.4, -0.2) is 17.4 Å². The normalized spacial score (nSPS) is 17.3. The van der Waals surface area contributed by atoms with Crippen LogP contribution in [0.15, 0.2) is 53.6 Å². The highest BCUT2D eigenvalue weighted by Gasteiger charge is 2.40. The van der Waals surface area contributed by atoms with Crippen LogP contribution in [0.1, 0.15) is 17.3 Å². The van der Waals surface area contributed by atoms with Crippen LogP contribution in [0.3, 0.4) is 0 Å². The molecule has 2 aromatic carbocycles. The van der Waals surface area contributed by atoms with E-state index >= 15 is 0 Å². The van der Waals surface area contributed by atoms with E-state index in [0.29, 0.717) is 27.0 Å². The van der Waals surface area contributed by atoms with Crippen molar-refractivity contribution in [1.82, 2.24) is 0 Å². The van der Waals surface area contributed by atoms with E-state index in [-0.39, 0.29) is 11.7 Å². The van der Waals surface area contributed by atoms with Gasteiger partial charge in [0, 0.05) is 15.6 Å². The highest BCUT2D eigenvalue weighted by atomic mass is 35.5. The van der Waals surface area contributed by atoms with Crippen LogP contribution in [0.4, 0.5) is 5.69 Å². The molecular formula is C17H12Cl2N2O2. The van der Waals surface area contributed by atoms with Crippen LogP contribution < -0.4 is 5.01 Å². The fourth-order valence-corrected chi connectivity index (χ4v) is 3.01. The topological polar surface area (TPSA) is 49.7 Å². The summed E-state index contributed by atoms with van der Waals surface area (Å²) in [5.41, 5.74) is 1.36. The SMILES string of the molecule is CC1=NN(c2ccccc2)C(=O)C1C(=O)c1cc(Cl)cc(Cl)c1. The van der Waals surface area contributed by atoms with Crippen LogP contribution in [-0.2, 0) is 4.79 Å². The smallest absolute Gasteiger partial charge is 0.264 e. The van der Waals surface area contributed by atoms with E-state index in [4.69, 9.17) is 23.2 Å². The van der Waals surface area contributed by atoms with E-state index in [1.54, 1.807) is 31.2 Å². The minimum Gasteiger partial charge on any atom is -0.293 e. The van der Waals surface area contributed by atoms with Crippen molar-refractivity contribution in [2.24, 2.45) is 11.0 Å². The van der Waals surface area contributed by atoms with Gasteiger partial charge in [-0.2, -0.15) is 10.1 Å². The average molecular weight is 347 g/mol. The van der Waals surface area contributed by atoms with Gasteiger partial charge in [-0.3, -0.25) is 9.59 Å². The van der Waals surface area contributed by atoms with Gasteiger partial charge in [-0.25, -0.2) is 0 Å². The fourth-order valence-electron chi connectivity index (χ4n) is 2.48. The molecule has 116 valence electrons. The maximum absolute atomic E-state index is 12.7. The number of anilines is 1. The number of hydrazone groups is 1. The van der Waals surface area contributed by atoms with Crippen molar-refractivity contribution in [3.8, 4) is 0 Å². The number of Topliss-reactive ketones (excluding diaryl/α,β-unsaturated/α-hetero) is 1. The number of nitrogens with zero attached hydrogens (tertiary/aromatic N) is 2. The number of hydrogen-bond donors (Lipinski definition) is 0. The van der Waals surface area contributed by atoms with Crippen molar-refractivity contribution in [2.75, 3.05) is 5.01 Å². The molecule has 1 heterocycles. The summed E-state index contributed by atoms with van der Waals surface area (Å²) in [6.07, 6.45) is 0. The van der Waals surface area contributed by atoms with Gasteiger partial charge in [-0.05, 0) is 37.3 Å². The number of carbonyl (C=O) groups is 2. The summed E-state index contributed by atoms with van der Waals surface area (Å²) >= 11 is 11.9. The lowest BCUT2D eigenvalue weighted by atomic mass is 9.93. The first-order valence-corrected chi connectivity index (χ1v) is 7.67. The minimum absolute atomic E-state index is 0.297. The Bertz CT molecular complexity index is 798. The highest BCUT2D eigenvalue weighted by molar-refractivity contribution is 6.36. The third kappa shape index (κ3) is 3.00. The Labute approximate surface area is 143 Å². The van der Waals surface area contributed by atoms with Gasteiger partial charge in [0.05, 0.1) is 11.4 Å². The van der Waals surface area contributed by atoms with Crippen LogP contribution in [0.2, 0.25) is 10.0 Å². The van der Waals surface area contributed by atoms with Crippen molar-refractivity contribution in [3.63, 3.8) is 0 Å². The molecular weight excluding hydrogens is 335 g/mol. The van der Waals surface area contributed by atoms with Crippen LogP contribution in [0.5, 0.6) is 0 Å². The first-order chi connectivity index (χ1) is 11.0. The van der Waals surface area contributed by atoms with Crippen molar-refractivity contribution < 1.29 is 9.59 Å². The molecule has 1 amide bonds. The molecule has 0 aromatic heterocycles. The second-order valence-corrected chi connectivity index (χ2v) is 6.06. The van der Waals surface area contributed by atoms with E-state index in [0.717, 1.165) is 0 Å². The Hall–Kier alpha value is -2.17. The molecule has 0 aliphatic carbocycles. The Kier molecular flexibility index (Phi) is 4.20. The molecule has 4 nitrogen and oxygen atoms in total. The number of rotatable bonds is 3. The summed E-state index contributed by atoms with van der Waals surface area (Å²) in [6, 6.07) is 13.5. The lowest BCUT2D eigenvalue weighted by Gasteiger charge is -2.14. The lowest BCUT2D eigenvalue weighted by Crippen LogP contribution is -2.32. The van der Waals surface area contributed by atoms with E-state index in [1.165, 1.54) is 23.2 Å². The molecule has 1 aliphatic heterocycles. The molecule has 2 aromatic rings. The number of ketones is 1. The van der Waals surface area contributed by atoms with Gasteiger partial charge in [0.2, 0.25) is 0 Å². The molecule has 0 bridgehead atoms. The van der Waals surface area contributed by atoms with Gasteiger partial charge in [-0.15, -0.1) is 0 Å². The zero-order valence-electron chi connectivity index (χ0n) is 12.2. The third-order valence-corrected chi connectivity index (χ3v) is 3.98. The molecule has 0 saturated heterocycles. The van der Waals surface area contributed by atoms with Gasteiger partial charge in [0.25, 0.3) is 5.91 Å². The molecule has 0 radical (unpaired) electrons. The molecule has 1 unspecified atom stereocenters. The Balaban J connectivity index is 1.93. The highest BCUT2D eigenvalue weighted by Crippen LogP contribution is 2.28.